The first kappa shape index (κ1) is 10.5. The number of likely N-dealkylation sites (N-methyl/N-ethyl adjacent to an activating group) is 1. The van der Waals surface area contributed by atoms with Gasteiger partial charge < -0.3 is 10.6 Å². The molecule has 0 saturated carbocycles. The molecule has 0 aliphatic heterocycles. The molecular formula is C7H9N4O2S. The largest absolute Gasteiger partial charge is 0.398 e. The Hall–Kier alpha value is -1.63. The van der Waals surface area contributed by atoms with Gasteiger partial charge in [-0.05, 0) is 0 Å². The molecule has 0 unspecified atom stereocenters. The lowest BCUT2D eigenvalue weighted by atomic mass is 10.3. The molecule has 2 N–H and O–H groups in total. The van der Waals surface area contributed by atoms with Crippen molar-refractivity contribution in [3.05, 3.63) is 11.1 Å². The highest BCUT2D eigenvalue weighted by Crippen LogP contribution is 2.12. The number of rotatable bonds is 3. The summed E-state index contributed by atoms with van der Waals surface area (Å²) in [5.74, 6) is -0.489. The van der Waals surface area contributed by atoms with Gasteiger partial charge in [0.05, 0.1) is 0 Å². The van der Waals surface area contributed by atoms with E-state index in [1.165, 1.54) is 25.5 Å². The Balaban J connectivity index is 3.00. The summed E-state index contributed by atoms with van der Waals surface area (Å²) < 4.78 is 0. The molecule has 0 aromatic carbocycles. The van der Waals surface area contributed by atoms with Crippen LogP contribution in [0.1, 0.15) is 5.69 Å². The van der Waals surface area contributed by atoms with Gasteiger partial charge in [0.15, 0.2) is 10.8 Å². The number of nitrogen functional groups attached to an aromatic ring is 1. The Labute approximate surface area is 84.8 Å². The molecule has 0 spiro atoms. The summed E-state index contributed by atoms with van der Waals surface area (Å²) in [6.45, 7) is 0. The molecule has 0 bridgehead atoms. The summed E-state index contributed by atoms with van der Waals surface area (Å²) in [7, 11) is 2.72. The van der Waals surface area contributed by atoms with Gasteiger partial charge in [-0.25, -0.2) is 10.3 Å². The number of amides is 1. The lowest BCUT2D eigenvalue weighted by Crippen LogP contribution is -2.23. The first-order valence-corrected chi connectivity index (χ1v) is 4.53. The zero-order chi connectivity index (χ0) is 10.6. The van der Waals surface area contributed by atoms with Crippen molar-refractivity contribution in [1.29, 1.82) is 0 Å². The third kappa shape index (κ3) is 2.19. The summed E-state index contributed by atoms with van der Waals surface area (Å²) in [6.07, 6.45) is 0. The van der Waals surface area contributed by atoms with Gasteiger partial charge in [0, 0.05) is 12.4 Å². The molecule has 7 heteroatoms. The number of nitrogens with two attached hydrogens (primary N) is 1. The third-order valence-electron chi connectivity index (χ3n) is 1.35. The van der Waals surface area contributed by atoms with Gasteiger partial charge in [-0.1, -0.05) is 5.16 Å². The maximum Gasteiger partial charge on any atom is 0.296 e. The highest BCUT2D eigenvalue weighted by atomic mass is 32.1. The van der Waals surface area contributed by atoms with Crippen LogP contribution in [0.5, 0.6) is 0 Å². The molecule has 1 radical (unpaired) electrons. The Morgan fingerprint density at radius 3 is 2.86 bits per heavy atom. The first-order chi connectivity index (χ1) is 6.69. The van der Waals surface area contributed by atoms with Crippen molar-refractivity contribution >= 4 is 28.1 Å². The Morgan fingerprint density at radius 2 is 2.43 bits per heavy atom. The third-order valence-corrected chi connectivity index (χ3v) is 2.03. The monoisotopic (exact) mass is 213 g/mol. The number of carbonyl (C=O) groups is 1. The van der Waals surface area contributed by atoms with Crippen LogP contribution in [0.2, 0.25) is 0 Å². The zero-order valence-electron chi connectivity index (χ0n) is 7.72. The summed E-state index contributed by atoms with van der Waals surface area (Å²) >= 11 is 1.22. The second-order valence-electron chi connectivity index (χ2n) is 2.22. The molecule has 0 fully saturated rings. The number of oxime groups is 1. The van der Waals surface area contributed by atoms with Gasteiger partial charge in [-0.15, -0.1) is 11.3 Å². The second kappa shape index (κ2) is 4.56. The van der Waals surface area contributed by atoms with Gasteiger partial charge in [0.2, 0.25) is 0 Å². The van der Waals surface area contributed by atoms with E-state index in [9.17, 15) is 4.79 Å². The van der Waals surface area contributed by atoms with Crippen LogP contribution in [-0.2, 0) is 9.63 Å². The van der Waals surface area contributed by atoms with Crippen molar-refractivity contribution < 1.29 is 9.63 Å². The molecule has 14 heavy (non-hydrogen) atoms. The lowest BCUT2D eigenvalue weighted by Gasteiger charge is -1.97. The smallest absolute Gasteiger partial charge is 0.296 e. The van der Waals surface area contributed by atoms with Crippen molar-refractivity contribution in [2.45, 2.75) is 0 Å². The van der Waals surface area contributed by atoms with Crippen LogP contribution in [0.4, 0.5) is 5.13 Å². The van der Waals surface area contributed by atoms with Gasteiger partial charge >= 0.3 is 0 Å². The highest BCUT2D eigenvalue weighted by Gasteiger charge is 2.17. The van der Waals surface area contributed by atoms with E-state index >= 15 is 0 Å². The highest BCUT2D eigenvalue weighted by molar-refractivity contribution is 7.13. The molecule has 1 amide bonds. The van der Waals surface area contributed by atoms with E-state index in [1.54, 1.807) is 5.38 Å². The van der Waals surface area contributed by atoms with Crippen LogP contribution >= 0.6 is 11.3 Å². The first-order valence-electron chi connectivity index (χ1n) is 3.65. The van der Waals surface area contributed by atoms with Gasteiger partial charge in [-0.2, -0.15) is 0 Å². The van der Waals surface area contributed by atoms with Crippen LogP contribution in [0.25, 0.3) is 0 Å². The molecular weight excluding hydrogens is 204 g/mol. The number of anilines is 1. The van der Waals surface area contributed by atoms with Crippen LogP contribution < -0.4 is 11.1 Å². The number of aromatic nitrogens is 1. The molecule has 75 valence electrons. The molecule has 0 aliphatic rings. The van der Waals surface area contributed by atoms with Gasteiger partial charge in [0.25, 0.3) is 5.91 Å². The van der Waals surface area contributed by atoms with E-state index in [1.807, 2.05) is 0 Å². The normalized spacial score (nSPS) is 11.1. The molecule has 1 aromatic rings. The maximum atomic E-state index is 11.3. The van der Waals surface area contributed by atoms with Crippen LogP contribution in [0, 0.1) is 0 Å². The number of hydrogen-bond acceptors (Lipinski definition) is 6. The van der Waals surface area contributed by atoms with Crippen molar-refractivity contribution in [3.8, 4) is 0 Å². The molecule has 1 heterocycles. The van der Waals surface area contributed by atoms with Crippen LogP contribution in [0.15, 0.2) is 10.5 Å². The maximum absolute atomic E-state index is 11.3. The van der Waals surface area contributed by atoms with Gasteiger partial charge in [0.1, 0.15) is 12.8 Å². The topological polar surface area (TPSA) is 91.7 Å². The summed E-state index contributed by atoms with van der Waals surface area (Å²) in [4.78, 5) is 19.7. The number of hydrogen-bond donors (Lipinski definition) is 1. The van der Waals surface area contributed by atoms with Crippen LogP contribution in [-0.4, -0.2) is 30.8 Å². The van der Waals surface area contributed by atoms with Gasteiger partial charge in [-0.3, -0.25) is 4.79 Å². The minimum Gasteiger partial charge on any atom is -0.398 e. The fourth-order valence-electron chi connectivity index (χ4n) is 0.789. The fraction of sp³-hybridized carbons (Fsp3) is 0.286. The average Bonchev–Trinajstić information content (AvgIpc) is 2.60. The van der Waals surface area contributed by atoms with Crippen LogP contribution in [0.3, 0.4) is 0 Å². The Morgan fingerprint density at radius 1 is 1.71 bits per heavy atom. The fourth-order valence-corrected chi connectivity index (χ4v) is 1.34. The predicted molar refractivity (Wildman–Crippen MR) is 53.1 cm³/mol. The van der Waals surface area contributed by atoms with Crippen molar-refractivity contribution in [1.82, 2.24) is 10.3 Å². The number of nitrogens with zero attached hydrogens (tertiary/aromatic N) is 3. The molecule has 1 rings (SSSR count). The Kier molecular flexibility index (Phi) is 3.41. The quantitative estimate of drug-likeness (QED) is 0.557. The van der Waals surface area contributed by atoms with E-state index in [-0.39, 0.29) is 5.71 Å². The standard InChI is InChI=1S/C7H9N4O2S/c1-9-6(12)5(11-13-2)4-3-14-7(8)10-4/h3H,1-2H3,(H2,8,10). The van der Waals surface area contributed by atoms with E-state index in [0.717, 1.165) is 0 Å². The van der Waals surface area contributed by atoms with Crippen molar-refractivity contribution in [2.75, 3.05) is 19.9 Å². The lowest BCUT2D eigenvalue weighted by molar-refractivity contribution is -0.114. The molecule has 6 nitrogen and oxygen atoms in total. The zero-order valence-corrected chi connectivity index (χ0v) is 8.54. The molecule has 0 atom stereocenters. The van der Waals surface area contributed by atoms with E-state index < -0.39 is 5.91 Å². The summed E-state index contributed by atoms with van der Waals surface area (Å²) in [5, 5.41) is 9.00. The van der Waals surface area contributed by atoms with E-state index in [2.05, 4.69) is 20.3 Å². The predicted octanol–water partition coefficient (Wildman–Crippen LogP) is -0.163. The SMILES string of the molecule is C[N]C(=O)C(=NOC)c1csc(N)n1. The molecule has 0 aliphatic carbocycles. The number of thiazole rings is 1. The molecule has 0 saturated heterocycles. The minimum atomic E-state index is -0.489. The number of carbonyl (C=O) groups excluding carboxylic acids is 1. The minimum absolute atomic E-state index is 0.0583. The van der Waals surface area contributed by atoms with Crippen molar-refractivity contribution in [2.24, 2.45) is 5.16 Å². The molecule has 1 aromatic heterocycles. The van der Waals surface area contributed by atoms with E-state index in [0.29, 0.717) is 10.8 Å². The summed E-state index contributed by atoms with van der Waals surface area (Å²) in [6, 6.07) is 0. The Bertz CT molecular complexity index is 360. The summed E-state index contributed by atoms with van der Waals surface area (Å²) in [5.41, 5.74) is 5.86. The average molecular weight is 213 g/mol. The van der Waals surface area contributed by atoms with E-state index in [4.69, 9.17) is 5.73 Å². The van der Waals surface area contributed by atoms with Crippen molar-refractivity contribution in [3.63, 3.8) is 0 Å². The second-order valence-corrected chi connectivity index (χ2v) is 3.11.